The Morgan fingerprint density at radius 3 is 3.22 bits per heavy atom. The van der Waals surface area contributed by atoms with Crippen LogP contribution in [0.1, 0.15) is 24.1 Å². The minimum atomic E-state index is 0.500. The second-order valence-electron chi connectivity index (χ2n) is 5.07. The Labute approximate surface area is 109 Å². The molecule has 1 aromatic rings. The van der Waals surface area contributed by atoms with Crippen molar-refractivity contribution in [1.29, 1.82) is 5.26 Å². The number of aromatic nitrogens is 1. The van der Waals surface area contributed by atoms with Crippen LogP contribution in [0.4, 0.5) is 0 Å². The highest BCUT2D eigenvalue weighted by molar-refractivity contribution is 5.25. The maximum absolute atomic E-state index is 8.82. The molecular weight excluding hydrogens is 224 g/mol. The molecule has 4 nitrogen and oxygen atoms in total. The summed E-state index contributed by atoms with van der Waals surface area (Å²) >= 11 is 0. The number of hydrogen-bond donors (Lipinski definition) is 1. The Bertz CT molecular complexity index is 418. The molecule has 1 aliphatic heterocycles. The molecule has 0 aliphatic carbocycles. The highest BCUT2D eigenvalue weighted by Crippen LogP contribution is 2.12. The normalized spacial score (nSPS) is 19.7. The van der Waals surface area contributed by atoms with Crippen molar-refractivity contribution in [1.82, 2.24) is 15.2 Å². The summed E-state index contributed by atoms with van der Waals surface area (Å²) in [6, 6.07) is 5.94. The molecule has 0 radical (unpaired) electrons. The SMILES string of the molecule is CN(Cc1ccnc(C#N)c1)CC1CCCNC1. The van der Waals surface area contributed by atoms with Gasteiger partial charge in [0.1, 0.15) is 11.8 Å². The lowest BCUT2D eigenvalue weighted by Gasteiger charge is -2.27. The summed E-state index contributed by atoms with van der Waals surface area (Å²) in [5.74, 6) is 0.751. The van der Waals surface area contributed by atoms with E-state index in [4.69, 9.17) is 5.26 Å². The minimum absolute atomic E-state index is 0.500. The van der Waals surface area contributed by atoms with Crippen LogP contribution in [0.5, 0.6) is 0 Å². The lowest BCUT2D eigenvalue weighted by Crippen LogP contribution is -2.36. The van der Waals surface area contributed by atoms with Gasteiger partial charge in [0, 0.05) is 19.3 Å². The summed E-state index contributed by atoms with van der Waals surface area (Å²) in [4.78, 5) is 6.32. The topological polar surface area (TPSA) is 52.0 Å². The molecule has 0 amide bonds. The van der Waals surface area contributed by atoms with E-state index in [0.29, 0.717) is 5.69 Å². The van der Waals surface area contributed by atoms with Crippen LogP contribution in [0, 0.1) is 17.2 Å². The summed E-state index contributed by atoms with van der Waals surface area (Å²) in [6.45, 7) is 4.28. The van der Waals surface area contributed by atoms with Gasteiger partial charge in [-0.15, -0.1) is 0 Å². The van der Waals surface area contributed by atoms with Crippen molar-refractivity contribution >= 4 is 0 Å². The maximum atomic E-state index is 8.82. The second-order valence-corrected chi connectivity index (χ2v) is 5.07. The van der Waals surface area contributed by atoms with Gasteiger partial charge >= 0.3 is 0 Å². The molecule has 1 saturated heterocycles. The molecule has 1 fully saturated rings. The fourth-order valence-corrected chi connectivity index (χ4v) is 2.53. The molecule has 0 aromatic carbocycles. The van der Waals surface area contributed by atoms with Crippen LogP contribution < -0.4 is 5.32 Å². The van der Waals surface area contributed by atoms with Crippen molar-refractivity contribution < 1.29 is 0 Å². The van der Waals surface area contributed by atoms with Crippen LogP contribution in [0.25, 0.3) is 0 Å². The number of nitrogens with one attached hydrogen (secondary N) is 1. The third-order valence-electron chi connectivity index (χ3n) is 3.36. The molecule has 1 atom stereocenters. The van der Waals surface area contributed by atoms with Gasteiger partial charge in [-0.1, -0.05) is 0 Å². The molecule has 1 N–H and O–H groups in total. The van der Waals surface area contributed by atoms with Gasteiger partial charge in [-0.05, 0) is 56.6 Å². The smallest absolute Gasteiger partial charge is 0.140 e. The predicted molar refractivity (Wildman–Crippen MR) is 70.9 cm³/mol. The van der Waals surface area contributed by atoms with Crippen molar-refractivity contribution in [3.63, 3.8) is 0 Å². The summed E-state index contributed by atoms with van der Waals surface area (Å²) < 4.78 is 0. The van der Waals surface area contributed by atoms with Crippen LogP contribution in [-0.2, 0) is 6.54 Å². The fourth-order valence-electron chi connectivity index (χ4n) is 2.53. The van der Waals surface area contributed by atoms with E-state index in [-0.39, 0.29) is 0 Å². The third kappa shape index (κ3) is 3.80. The molecule has 96 valence electrons. The van der Waals surface area contributed by atoms with Crippen molar-refractivity contribution in [3.05, 3.63) is 29.6 Å². The minimum Gasteiger partial charge on any atom is -0.316 e. The van der Waals surface area contributed by atoms with E-state index in [1.165, 1.54) is 12.8 Å². The quantitative estimate of drug-likeness (QED) is 0.869. The maximum Gasteiger partial charge on any atom is 0.140 e. The van der Waals surface area contributed by atoms with Gasteiger partial charge in [0.25, 0.3) is 0 Å². The molecule has 1 unspecified atom stereocenters. The largest absolute Gasteiger partial charge is 0.316 e. The van der Waals surface area contributed by atoms with Crippen molar-refractivity contribution in [2.45, 2.75) is 19.4 Å². The van der Waals surface area contributed by atoms with Crippen LogP contribution in [-0.4, -0.2) is 36.6 Å². The van der Waals surface area contributed by atoms with E-state index in [0.717, 1.165) is 37.7 Å². The van der Waals surface area contributed by atoms with Crippen molar-refractivity contribution in [2.24, 2.45) is 5.92 Å². The molecular formula is C14H20N4. The zero-order valence-corrected chi connectivity index (χ0v) is 10.9. The first-order valence-corrected chi connectivity index (χ1v) is 6.52. The molecule has 2 heterocycles. The summed E-state index contributed by atoms with van der Waals surface area (Å²) in [5, 5.41) is 12.3. The van der Waals surface area contributed by atoms with Crippen molar-refractivity contribution in [2.75, 3.05) is 26.7 Å². The van der Waals surface area contributed by atoms with Gasteiger partial charge in [-0.2, -0.15) is 5.26 Å². The van der Waals surface area contributed by atoms with Gasteiger partial charge in [0.15, 0.2) is 0 Å². The molecule has 1 aliphatic rings. The Morgan fingerprint density at radius 1 is 1.61 bits per heavy atom. The summed E-state index contributed by atoms with van der Waals surface area (Å²) in [5.41, 5.74) is 1.66. The second kappa shape index (κ2) is 6.48. The van der Waals surface area contributed by atoms with E-state index in [1.54, 1.807) is 6.20 Å². The van der Waals surface area contributed by atoms with E-state index >= 15 is 0 Å². The zero-order valence-electron chi connectivity index (χ0n) is 10.9. The van der Waals surface area contributed by atoms with Crippen molar-refractivity contribution in [3.8, 4) is 6.07 Å². The van der Waals surface area contributed by atoms with Crippen LogP contribution in [0.15, 0.2) is 18.3 Å². The molecule has 4 heteroatoms. The molecule has 0 spiro atoms. The average Bonchev–Trinajstić information content (AvgIpc) is 2.40. The molecule has 0 bridgehead atoms. The molecule has 0 saturated carbocycles. The van der Waals surface area contributed by atoms with Gasteiger partial charge in [0.2, 0.25) is 0 Å². The Balaban J connectivity index is 1.86. The van der Waals surface area contributed by atoms with Crippen LogP contribution >= 0.6 is 0 Å². The average molecular weight is 244 g/mol. The monoisotopic (exact) mass is 244 g/mol. The fraction of sp³-hybridized carbons (Fsp3) is 0.571. The lowest BCUT2D eigenvalue weighted by atomic mass is 9.99. The molecule has 18 heavy (non-hydrogen) atoms. The van der Waals surface area contributed by atoms with E-state index in [2.05, 4.69) is 28.3 Å². The summed E-state index contributed by atoms with van der Waals surface area (Å²) in [6.07, 6.45) is 4.31. The van der Waals surface area contributed by atoms with E-state index in [9.17, 15) is 0 Å². The third-order valence-corrected chi connectivity index (χ3v) is 3.36. The van der Waals surface area contributed by atoms with Crippen LogP contribution in [0.3, 0.4) is 0 Å². The highest BCUT2D eigenvalue weighted by atomic mass is 15.1. The van der Waals surface area contributed by atoms with E-state index < -0.39 is 0 Å². The predicted octanol–water partition coefficient (Wildman–Crippen LogP) is 1.38. The van der Waals surface area contributed by atoms with E-state index in [1.807, 2.05) is 12.1 Å². The summed E-state index contributed by atoms with van der Waals surface area (Å²) in [7, 11) is 2.14. The number of nitriles is 1. The molecule has 2 rings (SSSR count). The Hall–Kier alpha value is -1.44. The van der Waals surface area contributed by atoms with Gasteiger partial charge in [0.05, 0.1) is 0 Å². The Morgan fingerprint density at radius 2 is 2.50 bits per heavy atom. The Kier molecular flexibility index (Phi) is 4.68. The van der Waals surface area contributed by atoms with Gasteiger partial charge in [-0.25, -0.2) is 4.98 Å². The van der Waals surface area contributed by atoms with Crippen LogP contribution in [0.2, 0.25) is 0 Å². The molecule has 1 aromatic heterocycles. The highest BCUT2D eigenvalue weighted by Gasteiger charge is 2.15. The number of nitrogens with zero attached hydrogens (tertiary/aromatic N) is 3. The number of piperidine rings is 1. The van der Waals surface area contributed by atoms with Gasteiger partial charge in [-0.3, -0.25) is 0 Å². The number of hydrogen-bond acceptors (Lipinski definition) is 4. The number of rotatable bonds is 4. The first kappa shape index (κ1) is 13.0. The number of pyridine rings is 1. The lowest BCUT2D eigenvalue weighted by molar-refractivity contribution is 0.237. The zero-order chi connectivity index (χ0) is 12.8. The first-order chi connectivity index (χ1) is 8.78. The van der Waals surface area contributed by atoms with Gasteiger partial charge < -0.3 is 10.2 Å². The first-order valence-electron chi connectivity index (χ1n) is 6.52. The standard InChI is InChI=1S/C14H20N4/c1-18(11-13-3-2-5-16-9-13)10-12-4-6-17-14(7-12)8-15/h4,6-7,13,16H,2-3,5,9-11H2,1H3.